The standard InChI is InChI=1S/C24H34O8/c1-11-17(31-12(2)25)8-15-18(32-13(3)26)7-14-10-24(6,19(28)9-16(14)27)22(30)21(29)20(11)23(15,4)5/h7,15-19,22,27-28,30H,8-10H2,1-6H3/b14-7+/t15-,16-,17-,18-,19-,22+,24-/m0/s1. The van der Waals surface area contributed by atoms with Crippen LogP contribution in [0.1, 0.15) is 60.8 Å². The number of carbonyl (C=O) groups is 3. The number of Topliss-reactive ketones (excluding diaryl/α,β-unsaturated/α-hetero) is 1. The number of hydrogen-bond donors (Lipinski definition) is 3. The molecule has 4 bridgehead atoms. The van der Waals surface area contributed by atoms with Crippen molar-refractivity contribution in [3.05, 3.63) is 22.8 Å². The molecule has 0 heterocycles. The van der Waals surface area contributed by atoms with Crippen molar-refractivity contribution < 1.29 is 39.2 Å². The summed E-state index contributed by atoms with van der Waals surface area (Å²) in [4.78, 5) is 37.5. The molecule has 0 saturated heterocycles. The lowest BCUT2D eigenvalue weighted by molar-refractivity contribution is -0.156. The second-order valence-corrected chi connectivity index (χ2v) is 10.3. The van der Waals surface area contributed by atoms with Gasteiger partial charge in [0.2, 0.25) is 0 Å². The summed E-state index contributed by atoms with van der Waals surface area (Å²) < 4.78 is 11.2. The van der Waals surface area contributed by atoms with Crippen LogP contribution in [0.2, 0.25) is 0 Å². The predicted octanol–water partition coefficient (Wildman–Crippen LogP) is 1.60. The first-order valence-corrected chi connectivity index (χ1v) is 11.0. The second-order valence-electron chi connectivity index (χ2n) is 10.3. The van der Waals surface area contributed by atoms with E-state index in [1.54, 1.807) is 19.9 Å². The largest absolute Gasteiger partial charge is 0.458 e. The molecule has 0 radical (unpaired) electrons. The molecule has 0 spiro atoms. The minimum atomic E-state index is -1.53. The van der Waals surface area contributed by atoms with Gasteiger partial charge in [-0.2, -0.15) is 0 Å². The highest BCUT2D eigenvalue weighted by atomic mass is 16.5. The fraction of sp³-hybridized carbons (Fsp3) is 0.708. The van der Waals surface area contributed by atoms with Crippen LogP contribution in [0.5, 0.6) is 0 Å². The predicted molar refractivity (Wildman–Crippen MR) is 114 cm³/mol. The van der Waals surface area contributed by atoms with Crippen LogP contribution in [0.25, 0.3) is 0 Å². The monoisotopic (exact) mass is 450 g/mol. The molecule has 7 atom stereocenters. The summed E-state index contributed by atoms with van der Waals surface area (Å²) in [7, 11) is 0. The van der Waals surface area contributed by atoms with E-state index in [2.05, 4.69) is 0 Å². The SMILES string of the molecule is CC(=O)O[C@H]1C[C@H]2[C@@H](OC(C)=O)/C=C3\C[C@](C)([C@H](O)C(=O)C(=C1C)C2(C)C)[C@@H](O)C[C@@H]3O. The van der Waals surface area contributed by atoms with Gasteiger partial charge < -0.3 is 24.8 Å². The van der Waals surface area contributed by atoms with Crippen molar-refractivity contribution in [1.82, 2.24) is 0 Å². The fourth-order valence-electron chi connectivity index (χ4n) is 5.78. The van der Waals surface area contributed by atoms with Crippen molar-refractivity contribution in [2.24, 2.45) is 16.7 Å². The Kier molecular flexibility index (Phi) is 6.45. The number of aliphatic hydroxyl groups excluding tert-OH is 3. The maximum absolute atomic E-state index is 13.7. The van der Waals surface area contributed by atoms with Gasteiger partial charge in [-0.15, -0.1) is 0 Å². The van der Waals surface area contributed by atoms with E-state index in [-0.39, 0.29) is 12.8 Å². The van der Waals surface area contributed by atoms with Crippen molar-refractivity contribution in [3.63, 3.8) is 0 Å². The Labute approximate surface area is 188 Å². The van der Waals surface area contributed by atoms with Gasteiger partial charge in [0.05, 0.1) is 12.2 Å². The first-order chi connectivity index (χ1) is 14.7. The van der Waals surface area contributed by atoms with Crippen molar-refractivity contribution in [2.45, 2.75) is 91.3 Å². The Hall–Kier alpha value is -2.03. The summed E-state index contributed by atoms with van der Waals surface area (Å²) >= 11 is 0. The molecule has 3 N–H and O–H groups in total. The van der Waals surface area contributed by atoms with Gasteiger partial charge in [-0.05, 0) is 37.0 Å². The summed E-state index contributed by atoms with van der Waals surface area (Å²) in [5, 5.41) is 32.6. The van der Waals surface area contributed by atoms with Gasteiger partial charge in [0.1, 0.15) is 18.3 Å². The molecule has 0 aromatic rings. The first-order valence-electron chi connectivity index (χ1n) is 11.0. The molecule has 3 aliphatic rings. The van der Waals surface area contributed by atoms with E-state index in [0.717, 1.165) is 0 Å². The highest BCUT2D eigenvalue weighted by Crippen LogP contribution is 2.52. The van der Waals surface area contributed by atoms with Crippen LogP contribution in [0.3, 0.4) is 0 Å². The van der Waals surface area contributed by atoms with Gasteiger partial charge in [0.25, 0.3) is 0 Å². The Morgan fingerprint density at radius 2 is 1.62 bits per heavy atom. The average molecular weight is 451 g/mol. The Balaban J connectivity index is 2.29. The number of fused-ring (bicyclic) bond motifs is 4. The maximum Gasteiger partial charge on any atom is 0.303 e. The lowest BCUT2D eigenvalue weighted by Crippen LogP contribution is -2.56. The van der Waals surface area contributed by atoms with Crippen LogP contribution in [-0.2, 0) is 23.9 Å². The van der Waals surface area contributed by atoms with Gasteiger partial charge in [0, 0.05) is 42.6 Å². The molecule has 0 aromatic carbocycles. The number of esters is 2. The summed E-state index contributed by atoms with van der Waals surface area (Å²) in [5.74, 6) is -2.03. The molecule has 1 saturated carbocycles. The highest BCUT2D eigenvalue weighted by molar-refractivity contribution is 6.01. The van der Waals surface area contributed by atoms with E-state index in [0.29, 0.717) is 23.1 Å². The second kappa shape index (κ2) is 8.39. The van der Waals surface area contributed by atoms with Crippen molar-refractivity contribution in [1.29, 1.82) is 0 Å². The van der Waals surface area contributed by atoms with Gasteiger partial charge in [-0.25, -0.2) is 0 Å². The minimum Gasteiger partial charge on any atom is -0.458 e. The summed E-state index contributed by atoms with van der Waals surface area (Å²) in [6, 6.07) is 0. The zero-order valence-corrected chi connectivity index (χ0v) is 19.5. The third kappa shape index (κ3) is 4.04. The molecular weight excluding hydrogens is 416 g/mol. The van der Waals surface area contributed by atoms with Gasteiger partial charge in [0.15, 0.2) is 5.78 Å². The normalized spacial score (nSPS) is 40.8. The smallest absolute Gasteiger partial charge is 0.303 e. The van der Waals surface area contributed by atoms with Crippen LogP contribution < -0.4 is 0 Å². The van der Waals surface area contributed by atoms with E-state index in [1.165, 1.54) is 13.8 Å². The number of rotatable bonds is 2. The molecule has 0 aromatic heterocycles. The maximum atomic E-state index is 13.7. The summed E-state index contributed by atoms with van der Waals surface area (Å²) in [5.41, 5.74) is -0.723. The molecule has 8 heteroatoms. The molecule has 3 rings (SSSR count). The zero-order chi connectivity index (χ0) is 24.2. The lowest BCUT2D eigenvalue weighted by atomic mass is 9.57. The number of ketones is 1. The van der Waals surface area contributed by atoms with Crippen LogP contribution in [-0.4, -0.2) is 63.6 Å². The molecular formula is C24H34O8. The Morgan fingerprint density at radius 1 is 1.03 bits per heavy atom. The van der Waals surface area contributed by atoms with Gasteiger partial charge in [-0.3, -0.25) is 14.4 Å². The van der Waals surface area contributed by atoms with Gasteiger partial charge in [-0.1, -0.05) is 20.8 Å². The van der Waals surface area contributed by atoms with Gasteiger partial charge >= 0.3 is 11.9 Å². The molecule has 178 valence electrons. The highest BCUT2D eigenvalue weighted by Gasteiger charge is 2.55. The van der Waals surface area contributed by atoms with E-state index in [4.69, 9.17) is 9.47 Å². The number of ether oxygens (including phenoxy) is 2. The third-order valence-electron chi connectivity index (χ3n) is 7.64. The molecule has 32 heavy (non-hydrogen) atoms. The Bertz CT molecular complexity index is 884. The lowest BCUT2D eigenvalue weighted by Gasteiger charge is -2.50. The van der Waals surface area contributed by atoms with E-state index in [1.807, 2.05) is 13.8 Å². The number of aliphatic hydroxyl groups is 3. The van der Waals surface area contributed by atoms with Crippen molar-refractivity contribution >= 4 is 17.7 Å². The topological polar surface area (TPSA) is 130 Å². The van der Waals surface area contributed by atoms with E-state index >= 15 is 0 Å². The van der Waals surface area contributed by atoms with Crippen LogP contribution in [0.4, 0.5) is 0 Å². The molecule has 0 unspecified atom stereocenters. The molecule has 0 aliphatic heterocycles. The quantitative estimate of drug-likeness (QED) is 0.427. The van der Waals surface area contributed by atoms with Crippen molar-refractivity contribution in [2.75, 3.05) is 0 Å². The third-order valence-corrected chi connectivity index (χ3v) is 7.64. The van der Waals surface area contributed by atoms with E-state index in [9.17, 15) is 29.7 Å². The zero-order valence-electron chi connectivity index (χ0n) is 19.5. The molecule has 8 nitrogen and oxygen atoms in total. The average Bonchev–Trinajstić information content (AvgIpc) is 2.65. The molecule has 3 aliphatic carbocycles. The van der Waals surface area contributed by atoms with Crippen LogP contribution in [0.15, 0.2) is 22.8 Å². The summed E-state index contributed by atoms with van der Waals surface area (Å²) in [6.07, 6.45) is -3.13. The number of hydrogen-bond acceptors (Lipinski definition) is 8. The van der Waals surface area contributed by atoms with Crippen LogP contribution >= 0.6 is 0 Å². The minimum absolute atomic E-state index is 0.0401. The number of carbonyl (C=O) groups excluding carboxylic acids is 3. The first kappa shape index (κ1) is 24.6. The van der Waals surface area contributed by atoms with Crippen LogP contribution in [0, 0.1) is 16.7 Å². The fourth-order valence-corrected chi connectivity index (χ4v) is 5.78. The Morgan fingerprint density at radius 3 is 2.19 bits per heavy atom. The molecule has 0 amide bonds. The summed E-state index contributed by atoms with van der Waals surface area (Å²) in [6.45, 7) is 9.58. The molecule has 1 fully saturated rings. The van der Waals surface area contributed by atoms with E-state index < -0.39 is 65.0 Å². The van der Waals surface area contributed by atoms with Crippen molar-refractivity contribution in [3.8, 4) is 0 Å².